The van der Waals surface area contributed by atoms with Crippen molar-refractivity contribution in [2.45, 2.75) is 44.1 Å². The second kappa shape index (κ2) is 5.13. The molecule has 3 rings (SSSR count). The SMILES string of the molecule is OCC1CCCC1Nc1cc(Br)nc(C2CC2)n1. The van der Waals surface area contributed by atoms with Gasteiger partial charge in [-0.2, -0.15) is 0 Å². The summed E-state index contributed by atoms with van der Waals surface area (Å²) in [7, 11) is 0. The number of nitrogens with zero attached hydrogens (tertiary/aromatic N) is 2. The number of hydrogen-bond acceptors (Lipinski definition) is 4. The van der Waals surface area contributed by atoms with Crippen LogP contribution in [0.2, 0.25) is 0 Å². The minimum absolute atomic E-state index is 0.263. The fourth-order valence-electron chi connectivity index (χ4n) is 2.67. The highest BCUT2D eigenvalue weighted by atomic mass is 79.9. The van der Waals surface area contributed by atoms with Crippen molar-refractivity contribution in [1.82, 2.24) is 9.97 Å². The summed E-state index contributed by atoms with van der Waals surface area (Å²) in [4.78, 5) is 9.02. The van der Waals surface area contributed by atoms with E-state index in [9.17, 15) is 5.11 Å². The first-order valence-electron chi connectivity index (χ1n) is 6.68. The third-order valence-corrected chi connectivity index (χ3v) is 4.29. The number of rotatable bonds is 4. The Labute approximate surface area is 115 Å². The van der Waals surface area contributed by atoms with Crippen molar-refractivity contribution < 1.29 is 5.11 Å². The molecule has 2 unspecified atom stereocenters. The Morgan fingerprint density at radius 1 is 1.28 bits per heavy atom. The van der Waals surface area contributed by atoms with E-state index >= 15 is 0 Å². The van der Waals surface area contributed by atoms with Gasteiger partial charge in [0.2, 0.25) is 0 Å². The molecule has 0 radical (unpaired) electrons. The van der Waals surface area contributed by atoms with Gasteiger partial charge >= 0.3 is 0 Å². The van der Waals surface area contributed by atoms with Crippen LogP contribution in [0.15, 0.2) is 10.7 Å². The van der Waals surface area contributed by atoms with Gasteiger partial charge in [-0.1, -0.05) is 6.42 Å². The fourth-order valence-corrected chi connectivity index (χ4v) is 3.07. The van der Waals surface area contributed by atoms with Crippen LogP contribution >= 0.6 is 15.9 Å². The number of aliphatic hydroxyl groups excluding tert-OH is 1. The summed E-state index contributed by atoms with van der Waals surface area (Å²) in [6.45, 7) is 0.263. The molecule has 0 aliphatic heterocycles. The van der Waals surface area contributed by atoms with Crippen molar-refractivity contribution in [3.63, 3.8) is 0 Å². The Kier molecular flexibility index (Phi) is 3.52. The molecule has 1 aromatic heterocycles. The predicted octanol–water partition coefficient (Wildman–Crippen LogP) is 2.69. The lowest BCUT2D eigenvalue weighted by molar-refractivity contribution is 0.222. The Morgan fingerprint density at radius 3 is 2.83 bits per heavy atom. The van der Waals surface area contributed by atoms with Crippen molar-refractivity contribution in [2.24, 2.45) is 5.92 Å². The largest absolute Gasteiger partial charge is 0.396 e. The first-order chi connectivity index (χ1) is 8.76. The normalized spacial score (nSPS) is 27.4. The van der Waals surface area contributed by atoms with Crippen LogP contribution in [0.4, 0.5) is 5.82 Å². The van der Waals surface area contributed by atoms with Crippen molar-refractivity contribution in [3.8, 4) is 0 Å². The van der Waals surface area contributed by atoms with Crippen LogP contribution in [0.1, 0.15) is 43.8 Å². The van der Waals surface area contributed by atoms with Gasteiger partial charge in [-0.25, -0.2) is 9.97 Å². The average Bonchev–Trinajstić information content (AvgIpc) is 3.10. The van der Waals surface area contributed by atoms with Crippen molar-refractivity contribution in [2.75, 3.05) is 11.9 Å². The summed E-state index contributed by atoms with van der Waals surface area (Å²) in [5, 5.41) is 12.8. The van der Waals surface area contributed by atoms with E-state index in [1.54, 1.807) is 0 Å². The zero-order valence-corrected chi connectivity index (χ0v) is 11.9. The second-order valence-electron chi connectivity index (χ2n) is 5.33. The Hall–Kier alpha value is -0.680. The molecule has 0 aromatic carbocycles. The standard InChI is InChI=1S/C13H18BrN3O/c14-11-6-12(17-13(16-11)8-4-5-8)15-10-3-1-2-9(10)7-18/h6,8-10,18H,1-5,7H2,(H,15,16,17). The highest BCUT2D eigenvalue weighted by molar-refractivity contribution is 9.10. The molecule has 1 aromatic rings. The van der Waals surface area contributed by atoms with Crippen LogP contribution in [0.3, 0.4) is 0 Å². The zero-order chi connectivity index (χ0) is 12.5. The predicted molar refractivity (Wildman–Crippen MR) is 73.5 cm³/mol. The summed E-state index contributed by atoms with van der Waals surface area (Å²) >= 11 is 3.45. The fraction of sp³-hybridized carbons (Fsp3) is 0.692. The van der Waals surface area contributed by atoms with Gasteiger partial charge < -0.3 is 10.4 Å². The van der Waals surface area contributed by atoms with Gasteiger partial charge in [0.1, 0.15) is 16.2 Å². The maximum Gasteiger partial charge on any atom is 0.135 e. The molecule has 1 heterocycles. The van der Waals surface area contributed by atoms with E-state index in [0.29, 0.717) is 17.9 Å². The molecule has 2 fully saturated rings. The summed E-state index contributed by atoms with van der Waals surface area (Å²) in [6, 6.07) is 2.28. The van der Waals surface area contributed by atoms with Crippen LogP contribution in [0.5, 0.6) is 0 Å². The van der Waals surface area contributed by atoms with E-state index in [1.165, 1.54) is 19.3 Å². The molecule has 98 valence electrons. The quantitative estimate of drug-likeness (QED) is 0.839. The number of nitrogens with one attached hydrogen (secondary N) is 1. The summed E-state index contributed by atoms with van der Waals surface area (Å²) in [6.07, 6.45) is 5.82. The second-order valence-corrected chi connectivity index (χ2v) is 6.15. The molecule has 0 bridgehead atoms. The lowest BCUT2D eigenvalue weighted by Gasteiger charge is -2.20. The lowest BCUT2D eigenvalue weighted by atomic mass is 10.1. The first kappa shape index (κ1) is 12.4. The van der Waals surface area contributed by atoms with Gasteiger partial charge in [0.15, 0.2) is 0 Å². The monoisotopic (exact) mass is 311 g/mol. The van der Waals surface area contributed by atoms with Crippen LogP contribution in [-0.2, 0) is 0 Å². The smallest absolute Gasteiger partial charge is 0.135 e. The Morgan fingerprint density at radius 2 is 2.11 bits per heavy atom. The van der Waals surface area contributed by atoms with Crippen molar-refractivity contribution in [1.29, 1.82) is 0 Å². The molecule has 0 saturated heterocycles. The van der Waals surface area contributed by atoms with E-state index in [-0.39, 0.29) is 6.61 Å². The highest BCUT2D eigenvalue weighted by Crippen LogP contribution is 2.39. The van der Waals surface area contributed by atoms with E-state index in [4.69, 9.17) is 0 Å². The molecular formula is C13H18BrN3O. The highest BCUT2D eigenvalue weighted by Gasteiger charge is 2.29. The third-order valence-electron chi connectivity index (χ3n) is 3.88. The number of aromatic nitrogens is 2. The Bertz CT molecular complexity index is 436. The molecule has 4 nitrogen and oxygen atoms in total. The van der Waals surface area contributed by atoms with Gasteiger partial charge in [-0.3, -0.25) is 0 Å². The first-order valence-corrected chi connectivity index (χ1v) is 7.47. The van der Waals surface area contributed by atoms with Crippen LogP contribution < -0.4 is 5.32 Å². The number of hydrogen-bond donors (Lipinski definition) is 2. The molecule has 5 heteroatoms. The summed E-state index contributed by atoms with van der Waals surface area (Å²) < 4.78 is 0.848. The topological polar surface area (TPSA) is 58.0 Å². The molecular weight excluding hydrogens is 294 g/mol. The molecule has 18 heavy (non-hydrogen) atoms. The Balaban J connectivity index is 1.75. The van der Waals surface area contributed by atoms with Crippen LogP contribution in [0, 0.1) is 5.92 Å². The van der Waals surface area contributed by atoms with Crippen molar-refractivity contribution in [3.05, 3.63) is 16.5 Å². The molecule has 2 saturated carbocycles. The van der Waals surface area contributed by atoms with E-state index in [0.717, 1.165) is 29.1 Å². The maximum atomic E-state index is 9.34. The van der Waals surface area contributed by atoms with Crippen LogP contribution in [0.25, 0.3) is 0 Å². The minimum atomic E-state index is 0.263. The molecule has 2 atom stereocenters. The number of aliphatic hydroxyl groups is 1. The number of halogens is 1. The molecule has 2 aliphatic carbocycles. The molecule has 0 spiro atoms. The summed E-state index contributed by atoms with van der Waals surface area (Å²) in [5.74, 6) is 2.76. The van der Waals surface area contributed by atoms with Crippen molar-refractivity contribution >= 4 is 21.7 Å². The van der Waals surface area contributed by atoms with E-state index < -0.39 is 0 Å². The number of anilines is 1. The molecule has 2 aliphatic rings. The van der Waals surface area contributed by atoms with Gasteiger partial charge in [0, 0.05) is 30.6 Å². The van der Waals surface area contributed by atoms with E-state index in [2.05, 4.69) is 31.2 Å². The van der Waals surface area contributed by atoms with Gasteiger partial charge in [0.05, 0.1) is 0 Å². The maximum absolute atomic E-state index is 9.34. The lowest BCUT2D eigenvalue weighted by Crippen LogP contribution is -2.27. The van der Waals surface area contributed by atoms with Gasteiger partial charge in [0.25, 0.3) is 0 Å². The minimum Gasteiger partial charge on any atom is -0.396 e. The van der Waals surface area contributed by atoms with Gasteiger partial charge in [-0.15, -0.1) is 0 Å². The van der Waals surface area contributed by atoms with Crippen LogP contribution in [-0.4, -0.2) is 27.7 Å². The van der Waals surface area contributed by atoms with Gasteiger partial charge in [-0.05, 0) is 41.6 Å². The molecule has 0 amide bonds. The average molecular weight is 312 g/mol. The third kappa shape index (κ3) is 2.67. The molecule has 2 N–H and O–H groups in total. The summed E-state index contributed by atoms with van der Waals surface area (Å²) in [5.41, 5.74) is 0. The zero-order valence-electron chi connectivity index (χ0n) is 10.3. The van der Waals surface area contributed by atoms with E-state index in [1.807, 2.05) is 6.07 Å².